The van der Waals surface area contributed by atoms with Crippen molar-refractivity contribution < 1.29 is 19.4 Å². The minimum Gasteiger partial charge on any atom is -0.481 e. The summed E-state index contributed by atoms with van der Waals surface area (Å²) in [6, 6.07) is -0.421. The number of carboxylic acids is 1. The Labute approximate surface area is 122 Å². The van der Waals surface area contributed by atoms with Gasteiger partial charge in [-0.25, -0.2) is 4.79 Å². The Bertz CT molecular complexity index is 321. The molecule has 0 aromatic rings. The van der Waals surface area contributed by atoms with Gasteiger partial charge in [0, 0.05) is 6.04 Å². The molecular weight excluding hydrogens is 258 g/mol. The van der Waals surface area contributed by atoms with Gasteiger partial charge in [0.2, 0.25) is 0 Å². The fourth-order valence-corrected chi connectivity index (χ4v) is 2.53. The first kappa shape index (κ1) is 18.7. The van der Waals surface area contributed by atoms with E-state index in [1.165, 1.54) is 0 Å². The van der Waals surface area contributed by atoms with Crippen LogP contribution in [0.25, 0.3) is 0 Å². The highest BCUT2D eigenvalue weighted by atomic mass is 16.6. The number of carbonyl (C=O) groups is 2. The molecule has 118 valence electrons. The van der Waals surface area contributed by atoms with Crippen LogP contribution in [0.2, 0.25) is 0 Å². The molecule has 0 radical (unpaired) electrons. The number of alkyl carbamates (subject to hydrolysis) is 1. The van der Waals surface area contributed by atoms with Crippen molar-refractivity contribution in [1.82, 2.24) is 5.32 Å². The van der Waals surface area contributed by atoms with E-state index in [-0.39, 0.29) is 11.8 Å². The van der Waals surface area contributed by atoms with Crippen LogP contribution in [-0.4, -0.2) is 28.8 Å². The number of nitrogens with one attached hydrogen (secondary N) is 1. The number of hydrogen-bond acceptors (Lipinski definition) is 3. The van der Waals surface area contributed by atoms with E-state index in [2.05, 4.69) is 5.32 Å². The molecule has 1 unspecified atom stereocenters. The second-order valence-electron chi connectivity index (χ2n) is 6.22. The summed E-state index contributed by atoms with van der Waals surface area (Å²) in [6.07, 6.45) is 1.80. The van der Waals surface area contributed by atoms with E-state index < -0.39 is 23.7 Å². The highest BCUT2D eigenvalue weighted by Crippen LogP contribution is 2.36. The standard InChI is InChI=1S/C15H29NO4/c1-7-15(8-2,9-3)11(10-12(17)18)16-13(19)20-14(4,5)6/h11H,7-10H2,1-6H3,(H,16,19)(H,17,18). The van der Waals surface area contributed by atoms with Gasteiger partial charge in [0.15, 0.2) is 0 Å². The third-order valence-corrected chi connectivity index (χ3v) is 3.92. The zero-order valence-corrected chi connectivity index (χ0v) is 13.6. The van der Waals surface area contributed by atoms with Crippen LogP contribution in [0.5, 0.6) is 0 Å². The molecule has 5 heteroatoms. The van der Waals surface area contributed by atoms with Gasteiger partial charge in [-0.15, -0.1) is 0 Å². The highest BCUT2D eigenvalue weighted by Gasteiger charge is 2.37. The lowest BCUT2D eigenvalue weighted by Gasteiger charge is -2.39. The Morgan fingerprint density at radius 1 is 1.10 bits per heavy atom. The summed E-state index contributed by atoms with van der Waals surface area (Å²) in [5.41, 5.74) is -0.805. The molecule has 0 heterocycles. The largest absolute Gasteiger partial charge is 0.481 e. The summed E-state index contributed by atoms with van der Waals surface area (Å²) >= 11 is 0. The van der Waals surface area contributed by atoms with Gasteiger partial charge in [-0.05, 0) is 45.4 Å². The molecule has 0 saturated heterocycles. The molecule has 0 spiro atoms. The Balaban J connectivity index is 5.06. The molecule has 0 aliphatic heterocycles. The number of carboxylic acid groups (broad SMARTS) is 1. The molecule has 2 N–H and O–H groups in total. The number of rotatable bonds is 7. The molecule has 0 saturated carbocycles. The van der Waals surface area contributed by atoms with Crippen molar-refractivity contribution in [3.05, 3.63) is 0 Å². The van der Waals surface area contributed by atoms with Gasteiger partial charge in [-0.1, -0.05) is 20.8 Å². The van der Waals surface area contributed by atoms with Crippen LogP contribution >= 0.6 is 0 Å². The van der Waals surface area contributed by atoms with E-state index >= 15 is 0 Å². The molecule has 0 rings (SSSR count). The Morgan fingerprint density at radius 2 is 1.55 bits per heavy atom. The normalized spacial score (nSPS) is 13.7. The van der Waals surface area contributed by atoms with Gasteiger partial charge in [-0.3, -0.25) is 4.79 Å². The smallest absolute Gasteiger partial charge is 0.407 e. The monoisotopic (exact) mass is 287 g/mol. The van der Waals surface area contributed by atoms with E-state index in [1.807, 2.05) is 20.8 Å². The van der Waals surface area contributed by atoms with Gasteiger partial charge < -0.3 is 15.2 Å². The second-order valence-corrected chi connectivity index (χ2v) is 6.22. The predicted octanol–water partition coefficient (Wildman–Crippen LogP) is 3.57. The first-order chi connectivity index (χ1) is 9.10. The topological polar surface area (TPSA) is 75.6 Å². The molecule has 0 aromatic carbocycles. The molecule has 0 aliphatic rings. The van der Waals surface area contributed by atoms with Gasteiger partial charge in [0.1, 0.15) is 5.60 Å². The maximum absolute atomic E-state index is 11.9. The van der Waals surface area contributed by atoms with E-state index in [9.17, 15) is 9.59 Å². The van der Waals surface area contributed by atoms with Crippen molar-refractivity contribution in [3.63, 3.8) is 0 Å². The van der Waals surface area contributed by atoms with Gasteiger partial charge in [-0.2, -0.15) is 0 Å². The lowest BCUT2D eigenvalue weighted by molar-refractivity contribution is -0.138. The Kier molecular flexibility index (Phi) is 7.03. The number of carbonyl (C=O) groups excluding carboxylic acids is 1. The zero-order valence-electron chi connectivity index (χ0n) is 13.6. The minimum atomic E-state index is -0.911. The second kappa shape index (κ2) is 7.50. The van der Waals surface area contributed by atoms with E-state index in [0.29, 0.717) is 0 Å². The summed E-state index contributed by atoms with van der Waals surface area (Å²) in [7, 11) is 0. The third-order valence-electron chi connectivity index (χ3n) is 3.92. The van der Waals surface area contributed by atoms with Gasteiger partial charge >= 0.3 is 12.1 Å². The Morgan fingerprint density at radius 3 is 1.85 bits per heavy atom. The summed E-state index contributed by atoms with van der Waals surface area (Å²) in [4.78, 5) is 23.0. The molecule has 0 fully saturated rings. The van der Waals surface area contributed by atoms with Crippen molar-refractivity contribution in [2.75, 3.05) is 0 Å². The fourth-order valence-electron chi connectivity index (χ4n) is 2.53. The number of aliphatic carboxylic acids is 1. The fraction of sp³-hybridized carbons (Fsp3) is 0.867. The molecule has 0 bridgehead atoms. The van der Waals surface area contributed by atoms with Crippen LogP contribution in [0.3, 0.4) is 0 Å². The average molecular weight is 287 g/mol. The molecule has 0 aliphatic carbocycles. The van der Waals surface area contributed by atoms with E-state index in [0.717, 1.165) is 19.3 Å². The predicted molar refractivity (Wildman–Crippen MR) is 78.7 cm³/mol. The van der Waals surface area contributed by atoms with Crippen molar-refractivity contribution >= 4 is 12.1 Å². The van der Waals surface area contributed by atoms with Crippen LogP contribution in [0.15, 0.2) is 0 Å². The van der Waals surface area contributed by atoms with Crippen molar-refractivity contribution in [3.8, 4) is 0 Å². The van der Waals surface area contributed by atoms with Gasteiger partial charge in [0.05, 0.1) is 6.42 Å². The van der Waals surface area contributed by atoms with Gasteiger partial charge in [0.25, 0.3) is 0 Å². The third kappa shape index (κ3) is 5.80. The lowest BCUT2D eigenvalue weighted by Crippen LogP contribution is -2.49. The van der Waals surface area contributed by atoms with Crippen molar-refractivity contribution in [1.29, 1.82) is 0 Å². The van der Waals surface area contributed by atoms with E-state index in [4.69, 9.17) is 9.84 Å². The summed E-state index contributed by atoms with van der Waals surface area (Å²) in [5, 5.41) is 11.8. The molecule has 0 aromatic heterocycles. The first-order valence-electron chi connectivity index (χ1n) is 7.31. The molecule has 1 atom stereocenters. The summed E-state index contributed by atoms with van der Waals surface area (Å²) in [5.74, 6) is -0.911. The quantitative estimate of drug-likeness (QED) is 0.750. The summed E-state index contributed by atoms with van der Waals surface area (Å²) in [6.45, 7) is 11.4. The van der Waals surface area contributed by atoms with E-state index in [1.54, 1.807) is 20.8 Å². The molecular formula is C15H29NO4. The van der Waals surface area contributed by atoms with Crippen molar-refractivity contribution in [2.24, 2.45) is 5.41 Å². The van der Waals surface area contributed by atoms with Crippen LogP contribution < -0.4 is 5.32 Å². The Hall–Kier alpha value is -1.26. The van der Waals surface area contributed by atoms with Crippen LogP contribution in [0.1, 0.15) is 67.2 Å². The summed E-state index contributed by atoms with van der Waals surface area (Å²) < 4.78 is 5.24. The van der Waals surface area contributed by atoms with Crippen LogP contribution in [0, 0.1) is 5.41 Å². The zero-order chi connectivity index (χ0) is 16.0. The van der Waals surface area contributed by atoms with Crippen LogP contribution in [-0.2, 0) is 9.53 Å². The molecule has 5 nitrogen and oxygen atoms in total. The number of hydrogen-bond donors (Lipinski definition) is 2. The SMILES string of the molecule is CCC(CC)(CC)C(CC(=O)O)NC(=O)OC(C)(C)C. The van der Waals surface area contributed by atoms with Crippen molar-refractivity contribution in [2.45, 2.75) is 78.9 Å². The van der Waals surface area contributed by atoms with Crippen LogP contribution in [0.4, 0.5) is 4.79 Å². The maximum atomic E-state index is 11.9. The number of amides is 1. The minimum absolute atomic E-state index is 0.0885. The maximum Gasteiger partial charge on any atom is 0.407 e. The molecule has 1 amide bonds. The first-order valence-corrected chi connectivity index (χ1v) is 7.31. The number of ether oxygens (including phenoxy) is 1. The lowest BCUT2D eigenvalue weighted by atomic mass is 9.72. The highest BCUT2D eigenvalue weighted by molar-refractivity contribution is 5.71. The molecule has 20 heavy (non-hydrogen) atoms. The average Bonchev–Trinajstić information content (AvgIpc) is 2.28.